The lowest BCUT2D eigenvalue weighted by Gasteiger charge is -2.30. The van der Waals surface area contributed by atoms with Crippen LogP contribution in [0.3, 0.4) is 0 Å². The fourth-order valence-electron chi connectivity index (χ4n) is 2.49. The molecule has 1 aliphatic heterocycles. The highest BCUT2D eigenvalue weighted by Crippen LogP contribution is 2.26. The van der Waals surface area contributed by atoms with Gasteiger partial charge in [0.1, 0.15) is 8.07 Å². The molecule has 0 aliphatic carbocycles. The maximum absolute atomic E-state index is 4.96. The van der Waals surface area contributed by atoms with Crippen molar-refractivity contribution >= 4 is 13.4 Å². The van der Waals surface area contributed by atoms with Gasteiger partial charge in [-0.25, -0.2) is 0 Å². The molecule has 0 radical (unpaired) electrons. The van der Waals surface area contributed by atoms with Crippen LogP contribution in [0.1, 0.15) is 51.9 Å². The predicted molar refractivity (Wildman–Crippen MR) is 81.7 cm³/mol. The van der Waals surface area contributed by atoms with Crippen LogP contribution >= 0.6 is 0 Å². The Morgan fingerprint density at radius 3 is 2.35 bits per heavy atom. The molecule has 2 heteroatoms. The van der Waals surface area contributed by atoms with Crippen molar-refractivity contribution in [1.82, 2.24) is 0 Å². The number of nitrogens with zero attached hydrogens (tertiary/aromatic N) is 1. The van der Waals surface area contributed by atoms with Crippen molar-refractivity contribution in [2.45, 2.75) is 70.5 Å². The van der Waals surface area contributed by atoms with Crippen LogP contribution in [0.2, 0.25) is 18.6 Å². The molecule has 17 heavy (non-hydrogen) atoms. The molecule has 1 atom stereocenters. The standard InChI is InChI=1S/C15H29NSi/c1-5-14(2)17(3,4)15-12-10-8-6-7-9-11-13-16-15/h5,14H,1,6-13H2,2-4H3. The highest BCUT2D eigenvalue weighted by Gasteiger charge is 2.31. The molecule has 1 aliphatic rings. The number of allylic oxidation sites excluding steroid dienone is 1. The molecule has 0 saturated heterocycles. The van der Waals surface area contributed by atoms with Gasteiger partial charge in [0.15, 0.2) is 0 Å². The smallest absolute Gasteiger partial charge is 0.105 e. The molecular formula is C15H29NSi. The van der Waals surface area contributed by atoms with E-state index in [0.29, 0.717) is 5.54 Å². The minimum atomic E-state index is -1.37. The van der Waals surface area contributed by atoms with Crippen LogP contribution in [0.4, 0.5) is 0 Å². The Kier molecular flexibility index (Phi) is 6.18. The van der Waals surface area contributed by atoms with Crippen LogP contribution in [-0.4, -0.2) is 20.0 Å². The van der Waals surface area contributed by atoms with Gasteiger partial charge in [-0.15, -0.1) is 6.58 Å². The van der Waals surface area contributed by atoms with Crippen molar-refractivity contribution in [3.63, 3.8) is 0 Å². The Balaban J connectivity index is 2.74. The molecule has 0 aromatic heterocycles. The first-order chi connectivity index (χ1) is 8.09. The van der Waals surface area contributed by atoms with Gasteiger partial charge in [-0.1, -0.05) is 51.8 Å². The van der Waals surface area contributed by atoms with Crippen molar-refractivity contribution in [2.24, 2.45) is 4.99 Å². The highest BCUT2D eigenvalue weighted by molar-refractivity contribution is 7.06. The van der Waals surface area contributed by atoms with E-state index in [1.807, 2.05) is 0 Å². The summed E-state index contributed by atoms with van der Waals surface area (Å²) in [4.78, 5) is 4.96. The van der Waals surface area contributed by atoms with Crippen LogP contribution in [0, 0.1) is 0 Å². The highest BCUT2D eigenvalue weighted by atomic mass is 28.3. The Morgan fingerprint density at radius 2 is 1.71 bits per heavy atom. The van der Waals surface area contributed by atoms with E-state index in [4.69, 9.17) is 4.99 Å². The normalized spacial score (nSPS) is 21.5. The van der Waals surface area contributed by atoms with Crippen molar-refractivity contribution in [2.75, 3.05) is 6.54 Å². The lowest BCUT2D eigenvalue weighted by Crippen LogP contribution is -2.41. The summed E-state index contributed by atoms with van der Waals surface area (Å²) >= 11 is 0. The third-order valence-corrected chi connectivity index (χ3v) is 8.77. The van der Waals surface area contributed by atoms with E-state index in [9.17, 15) is 0 Å². The summed E-state index contributed by atoms with van der Waals surface area (Å²) in [5, 5.41) is 1.56. The molecule has 0 amide bonds. The van der Waals surface area contributed by atoms with Gasteiger partial charge in [-0.3, -0.25) is 4.99 Å². The average molecular weight is 251 g/mol. The molecule has 0 N–H and O–H groups in total. The third kappa shape index (κ3) is 4.42. The molecule has 0 aromatic rings. The number of rotatable bonds is 3. The van der Waals surface area contributed by atoms with Crippen LogP contribution < -0.4 is 0 Å². The molecule has 0 spiro atoms. The van der Waals surface area contributed by atoms with E-state index in [1.165, 1.54) is 44.9 Å². The third-order valence-electron chi connectivity index (χ3n) is 4.36. The zero-order valence-electron chi connectivity index (χ0n) is 12.0. The summed E-state index contributed by atoms with van der Waals surface area (Å²) in [5.41, 5.74) is 0.643. The number of aliphatic imine (C=N–C) groups is 1. The summed E-state index contributed by atoms with van der Waals surface area (Å²) < 4.78 is 0. The predicted octanol–water partition coefficient (Wildman–Crippen LogP) is 5.00. The first-order valence-electron chi connectivity index (χ1n) is 7.25. The summed E-state index contributed by atoms with van der Waals surface area (Å²) in [6.45, 7) is 12.3. The largest absolute Gasteiger partial charge is 0.299 e. The van der Waals surface area contributed by atoms with Crippen molar-refractivity contribution in [3.8, 4) is 0 Å². The molecule has 1 heterocycles. The summed E-state index contributed by atoms with van der Waals surface area (Å²) in [5.74, 6) is 0. The van der Waals surface area contributed by atoms with Crippen LogP contribution in [0.5, 0.6) is 0 Å². The fraction of sp³-hybridized carbons (Fsp3) is 0.800. The molecule has 0 fully saturated rings. The summed E-state index contributed by atoms with van der Waals surface area (Å²) in [7, 11) is -1.37. The molecule has 0 saturated carbocycles. The monoisotopic (exact) mass is 251 g/mol. The molecule has 0 aromatic carbocycles. The molecule has 1 rings (SSSR count). The molecular weight excluding hydrogens is 222 g/mol. The molecule has 0 bridgehead atoms. The first-order valence-corrected chi connectivity index (χ1v) is 10.3. The Labute approximate surface area is 108 Å². The maximum Gasteiger partial charge on any atom is 0.105 e. The Hall–Kier alpha value is -0.373. The van der Waals surface area contributed by atoms with E-state index in [1.54, 1.807) is 5.33 Å². The Morgan fingerprint density at radius 1 is 1.12 bits per heavy atom. The van der Waals surface area contributed by atoms with Gasteiger partial charge in [-0.05, 0) is 30.1 Å². The zero-order valence-corrected chi connectivity index (χ0v) is 13.0. The second kappa shape index (κ2) is 7.15. The van der Waals surface area contributed by atoms with E-state index in [0.717, 1.165) is 6.54 Å². The van der Waals surface area contributed by atoms with Gasteiger partial charge in [0.05, 0.1) is 0 Å². The molecule has 1 unspecified atom stereocenters. The average Bonchev–Trinajstić information content (AvgIpc) is 2.34. The second-order valence-corrected chi connectivity index (χ2v) is 10.9. The lowest BCUT2D eigenvalue weighted by molar-refractivity contribution is 0.597. The quantitative estimate of drug-likeness (QED) is 0.495. The first kappa shape index (κ1) is 14.7. The van der Waals surface area contributed by atoms with Crippen molar-refractivity contribution in [1.29, 1.82) is 0 Å². The maximum atomic E-state index is 4.96. The van der Waals surface area contributed by atoms with Gasteiger partial charge < -0.3 is 0 Å². The second-order valence-electron chi connectivity index (χ2n) is 5.95. The minimum absolute atomic E-state index is 0.643. The van der Waals surface area contributed by atoms with Gasteiger partial charge in [-0.2, -0.15) is 0 Å². The topological polar surface area (TPSA) is 12.4 Å². The van der Waals surface area contributed by atoms with Crippen molar-refractivity contribution < 1.29 is 0 Å². The van der Waals surface area contributed by atoms with E-state index in [2.05, 4.69) is 32.7 Å². The Bertz CT molecular complexity index is 268. The zero-order chi connectivity index (χ0) is 12.7. The molecule has 98 valence electrons. The van der Waals surface area contributed by atoms with Crippen molar-refractivity contribution in [3.05, 3.63) is 12.7 Å². The van der Waals surface area contributed by atoms with E-state index < -0.39 is 8.07 Å². The fourth-order valence-corrected chi connectivity index (χ4v) is 4.94. The van der Waals surface area contributed by atoms with E-state index in [-0.39, 0.29) is 0 Å². The van der Waals surface area contributed by atoms with Crippen LogP contribution in [0.25, 0.3) is 0 Å². The van der Waals surface area contributed by atoms with Crippen LogP contribution in [0.15, 0.2) is 17.6 Å². The summed E-state index contributed by atoms with van der Waals surface area (Å²) in [6, 6.07) is 0. The lowest BCUT2D eigenvalue weighted by atomic mass is 10.1. The van der Waals surface area contributed by atoms with Gasteiger partial charge in [0, 0.05) is 6.54 Å². The van der Waals surface area contributed by atoms with E-state index >= 15 is 0 Å². The van der Waals surface area contributed by atoms with Crippen LogP contribution in [-0.2, 0) is 0 Å². The van der Waals surface area contributed by atoms with Gasteiger partial charge in [0.25, 0.3) is 0 Å². The van der Waals surface area contributed by atoms with Gasteiger partial charge in [0.2, 0.25) is 0 Å². The van der Waals surface area contributed by atoms with Gasteiger partial charge >= 0.3 is 0 Å². The number of hydrogen-bond donors (Lipinski definition) is 0. The SMILES string of the molecule is C=CC(C)[Si](C)(C)C1=NCCCCCCCC1. The number of hydrogen-bond acceptors (Lipinski definition) is 1. The minimum Gasteiger partial charge on any atom is -0.299 e. The molecule has 1 nitrogen and oxygen atoms in total. The summed E-state index contributed by atoms with van der Waals surface area (Å²) in [6.07, 6.45) is 11.6.